The topological polar surface area (TPSA) is 54.4 Å². The summed E-state index contributed by atoms with van der Waals surface area (Å²) in [5.74, 6) is -5.71. The van der Waals surface area contributed by atoms with Gasteiger partial charge in [0.2, 0.25) is 0 Å². The van der Waals surface area contributed by atoms with Crippen LogP contribution in [0.25, 0.3) is 0 Å². The van der Waals surface area contributed by atoms with E-state index >= 15 is 0 Å². The standard InChI is InChI=1S/C10H8F2O3/c1-10(11,12)7-4-2-6(3-5-7)8(13)9(14)15/h2-5H,1H3,(H,14,15). The van der Waals surface area contributed by atoms with Gasteiger partial charge in [-0.1, -0.05) is 24.3 Å². The average molecular weight is 214 g/mol. The summed E-state index contributed by atoms with van der Waals surface area (Å²) in [6.07, 6.45) is 0. The van der Waals surface area contributed by atoms with E-state index in [-0.39, 0.29) is 11.1 Å². The third-order valence-electron chi connectivity index (χ3n) is 1.85. The Morgan fingerprint density at radius 3 is 2.00 bits per heavy atom. The van der Waals surface area contributed by atoms with Crippen molar-refractivity contribution in [3.63, 3.8) is 0 Å². The Hall–Kier alpha value is -1.78. The third kappa shape index (κ3) is 2.59. The second kappa shape index (κ2) is 3.76. The molecule has 80 valence electrons. The van der Waals surface area contributed by atoms with Crippen LogP contribution in [0.4, 0.5) is 8.78 Å². The maximum Gasteiger partial charge on any atom is 0.377 e. The summed E-state index contributed by atoms with van der Waals surface area (Å²) >= 11 is 0. The number of carboxylic acid groups (broad SMARTS) is 1. The maximum absolute atomic E-state index is 12.7. The summed E-state index contributed by atoms with van der Waals surface area (Å²) in [6, 6.07) is 4.22. The molecular formula is C10H8F2O3. The Morgan fingerprint density at radius 1 is 1.20 bits per heavy atom. The molecule has 0 radical (unpaired) electrons. The van der Waals surface area contributed by atoms with E-state index in [1.54, 1.807) is 0 Å². The minimum atomic E-state index is -3.00. The predicted molar refractivity (Wildman–Crippen MR) is 48.0 cm³/mol. The lowest BCUT2D eigenvalue weighted by Gasteiger charge is -2.10. The molecule has 1 rings (SSSR count). The zero-order valence-electron chi connectivity index (χ0n) is 7.83. The quantitative estimate of drug-likeness (QED) is 0.619. The van der Waals surface area contributed by atoms with Gasteiger partial charge in [0, 0.05) is 18.1 Å². The van der Waals surface area contributed by atoms with Gasteiger partial charge in [0.25, 0.3) is 11.7 Å². The van der Waals surface area contributed by atoms with Crippen LogP contribution in [0.1, 0.15) is 22.8 Å². The smallest absolute Gasteiger partial charge is 0.377 e. The largest absolute Gasteiger partial charge is 0.475 e. The van der Waals surface area contributed by atoms with Gasteiger partial charge < -0.3 is 5.11 Å². The van der Waals surface area contributed by atoms with Gasteiger partial charge in [-0.15, -0.1) is 0 Å². The fraction of sp³-hybridized carbons (Fsp3) is 0.200. The van der Waals surface area contributed by atoms with E-state index in [2.05, 4.69) is 0 Å². The van der Waals surface area contributed by atoms with E-state index in [4.69, 9.17) is 5.11 Å². The highest BCUT2D eigenvalue weighted by atomic mass is 19.3. The van der Waals surface area contributed by atoms with E-state index in [0.717, 1.165) is 31.2 Å². The van der Waals surface area contributed by atoms with Crippen LogP contribution in [0, 0.1) is 0 Å². The molecule has 1 aromatic carbocycles. The molecular weight excluding hydrogens is 206 g/mol. The van der Waals surface area contributed by atoms with Gasteiger partial charge in [-0.25, -0.2) is 13.6 Å². The van der Waals surface area contributed by atoms with E-state index in [1.807, 2.05) is 0 Å². The molecule has 0 aliphatic heterocycles. The first-order valence-corrected chi connectivity index (χ1v) is 4.08. The second-order valence-electron chi connectivity index (χ2n) is 3.10. The van der Waals surface area contributed by atoms with Crippen LogP contribution in [0.2, 0.25) is 0 Å². The lowest BCUT2D eigenvalue weighted by molar-refractivity contribution is -0.131. The summed E-state index contributed by atoms with van der Waals surface area (Å²) < 4.78 is 25.5. The number of aliphatic carboxylic acids is 1. The van der Waals surface area contributed by atoms with Crippen molar-refractivity contribution >= 4 is 11.8 Å². The van der Waals surface area contributed by atoms with Gasteiger partial charge >= 0.3 is 5.97 Å². The number of Topliss-reactive ketones (excluding diaryl/α,β-unsaturated/α-hetero) is 1. The van der Waals surface area contributed by atoms with Crippen molar-refractivity contribution in [1.82, 2.24) is 0 Å². The van der Waals surface area contributed by atoms with Gasteiger partial charge in [-0.3, -0.25) is 4.79 Å². The van der Waals surface area contributed by atoms with Crippen molar-refractivity contribution in [2.75, 3.05) is 0 Å². The van der Waals surface area contributed by atoms with Gasteiger partial charge in [-0.05, 0) is 0 Å². The molecule has 0 atom stereocenters. The number of hydrogen-bond donors (Lipinski definition) is 1. The summed E-state index contributed by atoms with van der Waals surface area (Å²) in [6.45, 7) is 0.723. The Labute approximate surface area is 84.3 Å². The summed E-state index contributed by atoms with van der Waals surface area (Å²) in [5.41, 5.74) is -0.375. The van der Waals surface area contributed by atoms with Crippen LogP contribution in [-0.2, 0) is 10.7 Å². The van der Waals surface area contributed by atoms with Crippen molar-refractivity contribution in [2.45, 2.75) is 12.8 Å². The second-order valence-corrected chi connectivity index (χ2v) is 3.10. The molecule has 0 spiro atoms. The molecule has 0 saturated heterocycles. The van der Waals surface area contributed by atoms with Crippen LogP contribution in [0.5, 0.6) is 0 Å². The summed E-state index contributed by atoms with van der Waals surface area (Å²) in [4.78, 5) is 21.2. The van der Waals surface area contributed by atoms with Crippen LogP contribution in [0.3, 0.4) is 0 Å². The number of carboxylic acids is 1. The van der Waals surface area contributed by atoms with Gasteiger partial charge in [-0.2, -0.15) is 0 Å². The maximum atomic E-state index is 12.7. The molecule has 5 heteroatoms. The van der Waals surface area contributed by atoms with Gasteiger partial charge in [0.05, 0.1) is 0 Å². The number of carbonyl (C=O) groups excluding carboxylic acids is 1. The molecule has 1 N–H and O–H groups in total. The number of benzene rings is 1. The van der Waals surface area contributed by atoms with Gasteiger partial charge in [0.15, 0.2) is 0 Å². The first-order chi connectivity index (χ1) is 6.82. The molecule has 0 aliphatic rings. The Bertz CT molecular complexity index is 390. The van der Waals surface area contributed by atoms with Crippen LogP contribution >= 0.6 is 0 Å². The van der Waals surface area contributed by atoms with Crippen molar-refractivity contribution in [1.29, 1.82) is 0 Å². The van der Waals surface area contributed by atoms with E-state index < -0.39 is 17.7 Å². The summed E-state index contributed by atoms with van der Waals surface area (Å²) in [7, 11) is 0. The Morgan fingerprint density at radius 2 is 1.67 bits per heavy atom. The fourth-order valence-electron chi connectivity index (χ4n) is 1.04. The zero-order chi connectivity index (χ0) is 11.6. The number of hydrogen-bond acceptors (Lipinski definition) is 2. The highest BCUT2D eigenvalue weighted by Gasteiger charge is 2.24. The molecule has 1 aromatic rings. The molecule has 0 saturated carbocycles. The average Bonchev–Trinajstić information content (AvgIpc) is 2.15. The SMILES string of the molecule is CC(F)(F)c1ccc(C(=O)C(=O)O)cc1. The van der Waals surface area contributed by atoms with Crippen molar-refractivity contribution < 1.29 is 23.5 Å². The minimum absolute atomic E-state index is 0.115. The van der Waals surface area contributed by atoms with Gasteiger partial charge in [0.1, 0.15) is 0 Å². The normalized spacial score (nSPS) is 11.1. The zero-order valence-corrected chi connectivity index (χ0v) is 7.83. The molecule has 15 heavy (non-hydrogen) atoms. The molecule has 0 unspecified atom stereocenters. The Balaban J connectivity index is 3.01. The molecule has 0 amide bonds. The molecule has 0 aliphatic carbocycles. The fourth-order valence-corrected chi connectivity index (χ4v) is 1.04. The number of alkyl halides is 2. The number of carbonyl (C=O) groups is 2. The predicted octanol–water partition coefficient (Wildman–Crippen LogP) is 2.07. The molecule has 3 nitrogen and oxygen atoms in total. The molecule has 0 bridgehead atoms. The lowest BCUT2D eigenvalue weighted by atomic mass is 10.1. The van der Waals surface area contributed by atoms with Crippen LogP contribution < -0.4 is 0 Å². The molecule has 0 aromatic heterocycles. The summed E-state index contributed by atoms with van der Waals surface area (Å²) in [5, 5.41) is 8.37. The highest BCUT2D eigenvalue weighted by Crippen LogP contribution is 2.26. The molecule has 0 fully saturated rings. The third-order valence-corrected chi connectivity index (χ3v) is 1.85. The highest BCUT2D eigenvalue weighted by molar-refractivity contribution is 6.39. The molecule has 0 heterocycles. The van der Waals surface area contributed by atoms with E-state index in [0.29, 0.717) is 0 Å². The minimum Gasteiger partial charge on any atom is -0.475 e. The van der Waals surface area contributed by atoms with Crippen molar-refractivity contribution in [3.05, 3.63) is 35.4 Å². The number of rotatable bonds is 3. The van der Waals surface area contributed by atoms with Crippen molar-refractivity contribution in [2.24, 2.45) is 0 Å². The van der Waals surface area contributed by atoms with Crippen LogP contribution in [-0.4, -0.2) is 16.9 Å². The van der Waals surface area contributed by atoms with E-state index in [9.17, 15) is 18.4 Å². The van der Waals surface area contributed by atoms with Crippen molar-refractivity contribution in [3.8, 4) is 0 Å². The Kier molecular flexibility index (Phi) is 2.83. The van der Waals surface area contributed by atoms with E-state index in [1.165, 1.54) is 0 Å². The lowest BCUT2D eigenvalue weighted by Crippen LogP contribution is -2.13. The monoisotopic (exact) mass is 214 g/mol. The number of halogens is 2. The first-order valence-electron chi connectivity index (χ1n) is 4.08. The first kappa shape index (κ1) is 11.3. The van der Waals surface area contributed by atoms with Crippen LogP contribution in [0.15, 0.2) is 24.3 Å². The number of ketones is 1.